The fraction of sp³-hybridized carbons (Fsp3) is 0.571. The molecule has 0 aromatic carbocycles. The Hall–Kier alpha value is -2.46. The van der Waals surface area contributed by atoms with Crippen LogP contribution in [0.2, 0.25) is 0 Å². The maximum atomic E-state index is 12.1. The molecule has 24 heavy (non-hydrogen) atoms. The lowest BCUT2D eigenvalue weighted by Gasteiger charge is -2.23. The smallest absolute Gasteiger partial charge is 0.326 e. The molecule has 1 aromatic heterocycles. The van der Waals surface area contributed by atoms with Gasteiger partial charge < -0.3 is 31.6 Å². The summed E-state index contributed by atoms with van der Waals surface area (Å²) < 4.78 is 0. The van der Waals surface area contributed by atoms with E-state index in [-0.39, 0.29) is 12.3 Å². The Kier molecular flexibility index (Phi) is 7.33. The summed E-state index contributed by atoms with van der Waals surface area (Å²) in [5.41, 5.74) is 6.39. The fourth-order valence-corrected chi connectivity index (χ4v) is 1.97. The van der Waals surface area contributed by atoms with Crippen molar-refractivity contribution >= 4 is 17.8 Å². The van der Waals surface area contributed by atoms with Crippen LogP contribution < -0.4 is 16.4 Å². The molecule has 0 aliphatic carbocycles. The van der Waals surface area contributed by atoms with E-state index < -0.39 is 42.5 Å². The molecule has 0 aliphatic heterocycles. The number of aromatic nitrogens is 2. The number of carboxylic acid groups (broad SMARTS) is 1. The van der Waals surface area contributed by atoms with Crippen LogP contribution in [0.25, 0.3) is 0 Å². The lowest BCUT2D eigenvalue weighted by atomic mass is 10.0. The van der Waals surface area contributed by atoms with E-state index in [0.29, 0.717) is 5.69 Å². The highest BCUT2D eigenvalue weighted by Gasteiger charge is 2.29. The number of aliphatic carboxylic acids is 1. The lowest BCUT2D eigenvalue weighted by molar-refractivity contribution is -0.143. The van der Waals surface area contributed by atoms with Crippen LogP contribution in [0.3, 0.4) is 0 Å². The van der Waals surface area contributed by atoms with Crippen molar-refractivity contribution in [1.82, 2.24) is 20.6 Å². The van der Waals surface area contributed by atoms with E-state index in [4.69, 9.17) is 10.8 Å². The summed E-state index contributed by atoms with van der Waals surface area (Å²) in [6.45, 7) is 2.58. The number of imidazole rings is 1. The van der Waals surface area contributed by atoms with Gasteiger partial charge in [0.2, 0.25) is 11.8 Å². The van der Waals surface area contributed by atoms with Crippen LogP contribution >= 0.6 is 0 Å². The summed E-state index contributed by atoms with van der Waals surface area (Å²) in [4.78, 5) is 41.8. The van der Waals surface area contributed by atoms with Crippen molar-refractivity contribution in [1.29, 1.82) is 0 Å². The van der Waals surface area contributed by atoms with Crippen molar-refractivity contribution in [3.05, 3.63) is 18.2 Å². The normalized spacial score (nSPS) is 14.7. The standard InChI is InChI=1S/C14H23N5O5/c1-7(2)11(14(23)24)19-13(22)10(5-20)18-12(21)9(15)3-8-4-16-6-17-8/h4,6-7,9-11,20H,3,5,15H2,1-2H3,(H,16,17)(H,18,21)(H,19,22)(H,23,24)/t9-,10-,11-/m0/s1. The minimum Gasteiger partial charge on any atom is -0.480 e. The summed E-state index contributed by atoms with van der Waals surface area (Å²) in [6.07, 6.45) is 3.14. The molecule has 0 fully saturated rings. The summed E-state index contributed by atoms with van der Waals surface area (Å²) in [6, 6.07) is -3.36. The van der Waals surface area contributed by atoms with Gasteiger partial charge in [0.25, 0.3) is 0 Å². The molecule has 2 amide bonds. The number of carbonyl (C=O) groups excluding carboxylic acids is 2. The number of amides is 2. The van der Waals surface area contributed by atoms with Gasteiger partial charge in [0.1, 0.15) is 12.1 Å². The number of nitrogens with two attached hydrogens (primary N) is 1. The van der Waals surface area contributed by atoms with Gasteiger partial charge in [0, 0.05) is 18.3 Å². The molecule has 10 heteroatoms. The Balaban J connectivity index is 2.63. The number of nitrogens with one attached hydrogen (secondary N) is 3. The SMILES string of the molecule is CC(C)[C@H](NC(=O)[C@H](CO)NC(=O)[C@@H](N)Cc1cnc[nH]1)C(=O)O. The number of aromatic amines is 1. The van der Waals surface area contributed by atoms with E-state index in [1.807, 2.05) is 0 Å². The van der Waals surface area contributed by atoms with Crippen LogP contribution in [0.4, 0.5) is 0 Å². The highest BCUT2D eigenvalue weighted by molar-refractivity contribution is 5.91. The highest BCUT2D eigenvalue weighted by atomic mass is 16.4. The maximum Gasteiger partial charge on any atom is 0.326 e. The number of aliphatic hydroxyl groups is 1. The number of H-pyrrole nitrogens is 1. The Morgan fingerprint density at radius 2 is 1.96 bits per heavy atom. The van der Waals surface area contributed by atoms with Crippen molar-refractivity contribution in [2.75, 3.05) is 6.61 Å². The molecule has 1 rings (SSSR count). The van der Waals surface area contributed by atoms with Gasteiger partial charge in [0.15, 0.2) is 0 Å². The molecule has 0 bridgehead atoms. The van der Waals surface area contributed by atoms with Crippen molar-refractivity contribution in [3.8, 4) is 0 Å². The first-order valence-corrected chi connectivity index (χ1v) is 7.43. The number of hydrogen-bond donors (Lipinski definition) is 6. The first-order valence-electron chi connectivity index (χ1n) is 7.43. The third-order valence-corrected chi connectivity index (χ3v) is 3.38. The second-order valence-electron chi connectivity index (χ2n) is 5.70. The van der Waals surface area contributed by atoms with E-state index in [1.165, 1.54) is 12.5 Å². The molecule has 0 radical (unpaired) electrons. The molecule has 0 saturated carbocycles. The first-order chi connectivity index (χ1) is 11.3. The van der Waals surface area contributed by atoms with Crippen LogP contribution in [0, 0.1) is 5.92 Å². The van der Waals surface area contributed by atoms with E-state index in [2.05, 4.69) is 20.6 Å². The van der Waals surface area contributed by atoms with Gasteiger partial charge in [0.05, 0.1) is 19.0 Å². The number of aliphatic hydroxyl groups excluding tert-OH is 1. The summed E-state index contributed by atoms with van der Waals surface area (Å²) in [7, 11) is 0. The summed E-state index contributed by atoms with van der Waals surface area (Å²) in [5, 5.41) is 23.0. The molecule has 10 nitrogen and oxygen atoms in total. The van der Waals surface area contributed by atoms with E-state index in [9.17, 15) is 19.5 Å². The predicted molar refractivity (Wildman–Crippen MR) is 83.7 cm³/mol. The minimum absolute atomic E-state index is 0.176. The average molecular weight is 341 g/mol. The molecule has 0 saturated heterocycles. The predicted octanol–water partition coefficient (Wildman–Crippen LogP) is -2.02. The van der Waals surface area contributed by atoms with Crippen LogP contribution in [-0.4, -0.2) is 62.7 Å². The molecule has 1 aromatic rings. The zero-order valence-electron chi connectivity index (χ0n) is 13.5. The third kappa shape index (κ3) is 5.63. The highest BCUT2D eigenvalue weighted by Crippen LogP contribution is 2.03. The Labute approximate surface area is 138 Å². The third-order valence-electron chi connectivity index (χ3n) is 3.38. The van der Waals surface area contributed by atoms with Gasteiger partial charge in [-0.25, -0.2) is 9.78 Å². The van der Waals surface area contributed by atoms with Crippen LogP contribution in [0.15, 0.2) is 12.5 Å². The van der Waals surface area contributed by atoms with E-state index in [1.54, 1.807) is 13.8 Å². The zero-order valence-corrected chi connectivity index (χ0v) is 13.5. The topological polar surface area (TPSA) is 170 Å². The van der Waals surface area contributed by atoms with Gasteiger partial charge in [-0.1, -0.05) is 13.8 Å². The number of rotatable bonds is 9. The van der Waals surface area contributed by atoms with Crippen molar-refractivity contribution in [3.63, 3.8) is 0 Å². The molecule has 1 heterocycles. The van der Waals surface area contributed by atoms with Crippen LogP contribution in [0.1, 0.15) is 19.5 Å². The molecule has 7 N–H and O–H groups in total. The largest absolute Gasteiger partial charge is 0.480 e. The van der Waals surface area contributed by atoms with Crippen molar-refractivity contribution in [2.24, 2.45) is 11.7 Å². The second-order valence-corrected chi connectivity index (χ2v) is 5.70. The van der Waals surface area contributed by atoms with E-state index >= 15 is 0 Å². The van der Waals surface area contributed by atoms with Gasteiger partial charge in [-0.2, -0.15) is 0 Å². The monoisotopic (exact) mass is 341 g/mol. The second kappa shape index (κ2) is 8.99. The molecule has 3 atom stereocenters. The minimum atomic E-state index is -1.29. The Morgan fingerprint density at radius 3 is 2.42 bits per heavy atom. The molecular formula is C14H23N5O5. The zero-order chi connectivity index (χ0) is 18.3. The Bertz CT molecular complexity index is 560. The average Bonchev–Trinajstić information content (AvgIpc) is 3.01. The van der Waals surface area contributed by atoms with Crippen molar-refractivity contribution < 1.29 is 24.6 Å². The number of carboxylic acids is 1. The van der Waals surface area contributed by atoms with Gasteiger partial charge in [-0.3, -0.25) is 9.59 Å². The van der Waals surface area contributed by atoms with Gasteiger partial charge in [-0.05, 0) is 5.92 Å². The Morgan fingerprint density at radius 1 is 1.29 bits per heavy atom. The molecule has 0 aliphatic rings. The molecule has 0 spiro atoms. The maximum absolute atomic E-state index is 12.1. The number of hydrogen-bond acceptors (Lipinski definition) is 6. The van der Waals surface area contributed by atoms with Gasteiger partial charge >= 0.3 is 5.97 Å². The molecular weight excluding hydrogens is 318 g/mol. The lowest BCUT2D eigenvalue weighted by Crippen LogP contribution is -2.57. The first kappa shape index (κ1) is 19.6. The number of nitrogens with zero attached hydrogens (tertiary/aromatic N) is 1. The summed E-state index contributed by atoms with van der Waals surface area (Å²) in [5.74, 6) is -2.99. The number of carbonyl (C=O) groups is 3. The molecule has 0 unspecified atom stereocenters. The molecule has 134 valence electrons. The quantitative estimate of drug-likeness (QED) is 0.301. The van der Waals surface area contributed by atoms with E-state index in [0.717, 1.165) is 0 Å². The fourth-order valence-electron chi connectivity index (χ4n) is 1.97. The van der Waals surface area contributed by atoms with Crippen molar-refractivity contribution in [2.45, 2.75) is 38.4 Å². The summed E-state index contributed by atoms with van der Waals surface area (Å²) >= 11 is 0. The van der Waals surface area contributed by atoms with Gasteiger partial charge in [-0.15, -0.1) is 0 Å². The van der Waals surface area contributed by atoms with Crippen LogP contribution in [-0.2, 0) is 20.8 Å². The van der Waals surface area contributed by atoms with Crippen LogP contribution in [0.5, 0.6) is 0 Å².